The fourth-order valence-corrected chi connectivity index (χ4v) is 6.42. The van der Waals surface area contributed by atoms with E-state index in [0.717, 1.165) is 42.3 Å². The van der Waals surface area contributed by atoms with Crippen LogP contribution in [0.5, 0.6) is 0 Å². The van der Waals surface area contributed by atoms with Crippen molar-refractivity contribution in [3.05, 3.63) is 77.9 Å². The van der Waals surface area contributed by atoms with Gasteiger partial charge in [0, 0.05) is 30.4 Å². The summed E-state index contributed by atoms with van der Waals surface area (Å²) in [6.07, 6.45) is 3.63. The summed E-state index contributed by atoms with van der Waals surface area (Å²) in [5.74, 6) is 0.347. The second-order valence-electron chi connectivity index (χ2n) is 9.81. The first-order chi connectivity index (χ1) is 17.7. The van der Waals surface area contributed by atoms with Gasteiger partial charge >= 0.3 is 0 Å². The molecule has 1 aliphatic heterocycles. The van der Waals surface area contributed by atoms with Crippen molar-refractivity contribution in [3.63, 3.8) is 0 Å². The van der Waals surface area contributed by atoms with E-state index in [1.165, 1.54) is 0 Å². The van der Waals surface area contributed by atoms with Crippen LogP contribution in [0.25, 0.3) is 11.1 Å². The van der Waals surface area contributed by atoms with Gasteiger partial charge in [0.25, 0.3) is 0 Å². The Balaban J connectivity index is 1.77. The van der Waals surface area contributed by atoms with Gasteiger partial charge in [-0.15, -0.1) is 0 Å². The number of nitrogens with zero attached hydrogens (tertiary/aromatic N) is 2. The van der Waals surface area contributed by atoms with Crippen LogP contribution in [0, 0.1) is 5.92 Å². The van der Waals surface area contributed by atoms with Crippen LogP contribution >= 0.6 is 0 Å². The molecule has 0 aliphatic carbocycles. The zero-order valence-electron chi connectivity index (χ0n) is 21.2. The van der Waals surface area contributed by atoms with E-state index in [0.29, 0.717) is 23.4 Å². The number of carbonyl (C=O) groups excluding carboxylic acids is 2. The van der Waals surface area contributed by atoms with E-state index in [-0.39, 0.29) is 29.4 Å². The van der Waals surface area contributed by atoms with Gasteiger partial charge in [0.15, 0.2) is 9.84 Å². The van der Waals surface area contributed by atoms with Gasteiger partial charge in [-0.3, -0.25) is 14.5 Å². The van der Waals surface area contributed by atoms with Crippen LogP contribution in [0.4, 0.5) is 11.4 Å². The topological polar surface area (TPSA) is 95.0 Å². The molecular formula is C29H32N2O5S. The summed E-state index contributed by atoms with van der Waals surface area (Å²) in [6, 6.07) is 20.1. The maximum absolute atomic E-state index is 12.5. The van der Waals surface area contributed by atoms with Gasteiger partial charge in [-0.2, -0.15) is 0 Å². The quantitative estimate of drug-likeness (QED) is 0.419. The van der Waals surface area contributed by atoms with Crippen molar-refractivity contribution in [1.29, 1.82) is 0 Å². The number of sulfone groups is 1. The SMILES string of the molecule is CC(C)C1C(c2ccccc2N(C=O)c2cccc(-c3ccc(CO)c(S(C)(=O)=O)c3)c2)CCN1C=O. The van der Waals surface area contributed by atoms with Crippen LogP contribution in [0.3, 0.4) is 0 Å². The maximum atomic E-state index is 12.5. The molecule has 0 saturated carbocycles. The van der Waals surface area contributed by atoms with Gasteiger partial charge in [-0.05, 0) is 58.9 Å². The Morgan fingerprint density at radius 1 is 1.03 bits per heavy atom. The number of hydrogen-bond donors (Lipinski definition) is 1. The highest BCUT2D eigenvalue weighted by molar-refractivity contribution is 7.90. The number of likely N-dealkylation sites (tertiary alicyclic amines) is 1. The lowest BCUT2D eigenvalue weighted by molar-refractivity contribution is -0.119. The van der Waals surface area contributed by atoms with Crippen molar-refractivity contribution < 1.29 is 23.1 Å². The van der Waals surface area contributed by atoms with E-state index in [1.54, 1.807) is 23.1 Å². The highest BCUT2D eigenvalue weighted by atomic mass is 32.2. The van der Waals surface area contributed by atoms with Crippen LogP contribution in [-0.2, 0) is 26.0 Å². The third-order valence-corrected chi connectivity index (χ3v) is 8.29. The van der Waals surface area contributed by atoms with Crippen molar-refractivity contribution in [3.8, 4) is 11.1 Å². The number of amides is 2. The highest BCUT2D eigenvalue weighted by Gasteiger charge is 2.38. The van der Waals surface area contributed by atoms with Crippen molar-refractivity contribution >= 4 is 34.0 Å². The number of rotatable bonds is 9. The maximum Gasteiger partial charge on any atom is 0.218 e. The minimum atomic E-state index is -3.54. The molecule has 0 spiro atoms. The van der Waals surface area contributed by atoms with Crippen LogP contribution < -0.4 is 4.90 Å². The van der Waals surface area contributed by atoms with Crippen LogP contribution in [-0.4, -0.2) is 50.1 Å². The van der Waals surface area contributed by atoms with E-state index >= 15 is 0 Å². The van der Waals surface area contributed by atoms with Crippen LogP contribution in [0.2, 0.25) is 0 Å². The Kier molecular flexibility index (Phi) is 7.80. The molecule has 0 aromatic heterocycles. The monoisotopic (exact) mass is 520 g/mol. The first-order valence-electron chi connectivity index (χ1n) is 12.3. The summed E-state index contributed by atoms with van der Waals surface area (Å²) in [6.45, 7) is 4.51. The fraction of sp³-hybridized carbons (Fsp3) is 0.310. The molecule has 194 valence electrons. The standard InChI is InChI=1S/C29H32N2O5S/c1-20(2)29-26(13-14-30(29)18-33)25-9-4-5-10-27(25)31(19-34)24-8-6-7-21(15-24)22-11-12-23(17-32)28(16-22)37(3,35)36/h4-12,15-16,18-20,26,29,32H,13-14,17H2,1-3H3. The average molecular weight is 521 g/mol. The molecule has 2 amide bonds. The summed E-state index contributed by atoms with van der Waals surface area (Å²) in [5, 5.41) is 9.59. The summed E-state index contributed by atoms with van der Waals surface area (Å²) < 4.78 is 24.6. The minimum absolute atomic E-state index is 0.0398. The second-order valence-corrected chi connectivity index (χ2v) is 11.8. The van der Waals surface area contributed by atoms with E-state index in [9.17, 15) is 23.1 Å². The molecule has 1 N–H and O–H groups in total. The fourth-order valence-electron chi connectivity index (χ4n) is 5.47. The Hall–Kier alpha value is -3.49. The van der Waals surface area contributed by atoms with Crippen molar-refractivity contribution in [2.45, 2.75) is 43.7 Å². The molecule has 2 atom stereocenters. The summed E-state index contributed by atoms with van der Waals surface area (Å²) >= 11 is 0. The van der Waals surface area contributed by atoms with Gasteiger partial charge in [-0.25, -0.2) is 8.42 Å². The molecule has 37 heavy (non-hydrogen) atoms. The Morgan fingerprint density at radius 2 is 1.76 bits per heavy atom. The van der Waals surface area contributed by atoms with Gasteiger partial charge in [0.05, 0.1) is 17.2 Å². The van der Waals surface area contributed by atoms with E-state index in [2.05, 4.69) is 13.8 Å². The number of carbonyl (C=O) groups is 2. The number of anilines is 2. The van der Waals surface area contributed by atoms with Gasteiger partial charge in [-0.1, -0.05) is 56.3 Å². The molecule has 4 rings (SSSR count). The van der Waals surface area contributed by atoms with Crippen LogP contribution in [0.1, 0.15) is 37.3 Å². The number of aliphatic hydroxyl groups is 1. The summed E-state index contributed by atoms with van der Waals surface area (Å²) in [5.41, 5.74) is 4.14. The lowest BCUT2D eigenvalue weighted by Crippen LogP contribution is -2.35. The molecule has 1 fully saturated rings. The first kappa shape index (κ1) is 26.6. The lowest BCUT2D eigenvalue weighted by atomic mass is 9.84. The smallest absolute Gasteiger partial charge is 0.218 e. The molecule has 0 radical (unpaired) electrons. The van der Waals surface area contributed by atoms with E-state index < -0.39 is 9.84 Å². The third-order valence-electron chi connectivity index (χ3n) is 7.11. The van der Waals surface area contributed by atoms with Gasteiger partial charge < -0.3 is 10.0 Å². The largest absolute Gasteiger partial charge is 0.392 e. The molecule has 3 aromatic carbocycles. The molecule has 2 unspecified atom stereocenters. The highest BCUT2D eigenvalue weighted by Crippen LogP contribution is 2.42. The second kappa shape index (κ2) is 10.9. The van der Waals surface area contributed by atoms with Crippen LogP contribution in [0.15, 0.2) is 71.6 Å². The predicted octanol–water partition coefficient (Wildman–Crippen LogP) is 4.51. The molecule has 7 nitrogen and oxygen atoms in total. The van der Waals surface area contributed by atoms with Crippen molar-refractivity contribution in [1.82, 2.24) is 4.90 Å². The zero-order valence-corrected chi connectivity index (χ0v) is 22.1. The number of benzene rings is 3. The number of aliphatic hydroxyl groups excluding tert-OH is 1. The zero-order chi connectivity index (χ0) is 26.7. The van der Waals surface area contributed by atoms with E-state index in [1.807, 2.05) is 53.4 Å². The summed E-state index contributed by atoms with van der Waals surface area (Å²) in [4.78, 5) is 27.7. The summed E-state index contributed by atoms with van der Waals surface area (Å²) in [7, 11) is -3.54. The molecule has 1 aliphatic rings. The average Bonchev–Trinajstić information content (AvgIpc) is 3.33. The van der Waals surface area contributed by atoms with E-state index in [4.69, 9.17) is 0 Å². The van der Waals surface area contributed by atoms with Crippen molar-refractivity contribution in [2.24, 2.45) is 5.92 Å². The van der Waals surface area contributed by atoms with Gasteiger partial charge in [0.1, 0.15) is 0 Å². The third kappa shape index (κ3) is 5.31. The Morgan fingerprint density at radius 3 is 2.41 bits per heavy atom. The Labute approximate surface area is 218 Å². The van der Waals surface area contributed by atoms with Gasteiger partial charge in [0.2, 0.25) is 12.8 Å². The molecule has 1 saturated heterocycles. The Bertz CT molecular complexity index is 1400. The first-order valence-corrected chi connectivity index (χ1v) is 14.2. The lowest BCUT2D eigenvalue weighted by Gasteiger charge is -2.31. The molecular weight excluding hydrogens is 488 g/mol. The normalized spacial score (nSPS) is 17.7. The number of hydrogen-bond acceptors (Lipinski definition) is 5. The number of para-hydroxylation sites is 1. The molecule has 1 heterocycles. The molecule has 8 heteroatoms. The minimum Gasteiger partial charge on any atom is -0.392 e. The molecule has 3 aromatic rings. The van der Waals surface area contributed by atoms with Crippen molar-refractivity contribution in [2.75, 3.05) is 17.7 Å². The molecule has 0 bridgehead atoms. The predicted molar refractivity (Wildman–Crippen MR) is 144 cm³/mol.